The van der Waals surface area contributed by atoms with Gasteiger partial charge in [0.2, 0.25) is 0 Å². The quantitative estimate of drug-likeness (QED) is 0.320. The molecule has 5 heterocycles. The highest BCUT2D eigenvalue weighted by Crippen LogP contribution is 2.41. The number of piperidine rings is 1. The molecule has 4 aromatic rings. The van der Waals surface area contributed by atoms with E-state index in [0.717, 1.165) is 56.0 Å². The lowest BCUT2D eigenvalue weighted by atomic mass is 9.95. The minimum Gasteiger partial charge on any atom is -0.461 e. The minimum atomic E-state index is -0.866. The van der Waals surface area contributed by atoms with Gasteiger partial charge in [-0.25, -0.2) is 4.39 Å². The van der Waals surface area contributed by atoms with Gasteiger partial charge in [-0.3, -0.25) is 9.88 Å². The lowest BCUT2D eigenvalue weighted by Gasteiger charge is -2.38. The molecule has 3 fully saturated rings. The third-order valence-corrected chi connectivity index (χ3v) is 9.32. The molecule has 2 aromatic carbocycles. The van der Waals surface area contributed by atoms with Crippen LogP contribution in [0.25, 0.3) is 32.9 Å². The van der Waals surface area contributed by atoms with Crippen molar-refractivity contribution in [3.63, 3.8) is 0 Å². The predicted molar refractivity (Wildman–Crippen MR) is 156 cm³/mol. The molecule has 3 aliphatic heterocycles. The molecule has 0 amide bonds. The molecule has 3 saturated heterocycles. The van der Waals surface area contributed by atoms with Crippen LogP contribution in [0, 0.1) is 5.82 Å². The molecule has 1 unspecified atom stereocenters. The van der Waals surface area contributed by atoms with Crippen LogP contribution in [-0.4, -0.2) is 68.9 Å². The van der Waals surface area contributed by atoms with E-state index in [9.17, 15) is 5.11 Å². The monoisotopic (exact) mass is 561 g/mol. The van der Waals surface area contributed by atoms with Crippen LogP contribution in [0.15, 0.2) is 42.6 Å². The zero-order valence-electron chi connectivity index (χ0n) is 22.7. The number of hydrogen-bond donors (Lipinski definition) is 1. The fourth-order valence-corrected chi connectivity index (χ4v) is 7.35. The van der Waals surface area contributed by atoms with Gasteiger partial charge in [0.15, 0.2) is 5.82 Å². The van der Waals surface area contributed by atoms with Gasteiger partial charge in [-0.15, -0.1) is 0 Å². The standard InChI is InChI=1S/C31H33ClFN5O2/c1-30(39)11-4-14-37(18-30)28-22-17-34-26(21-9-2-7-20-8-3-10-23(32)24(20)21)25(33)27(22)35-29(36-28)40-19-31-12-5-15-38(31)16-6-13-31/h2-3,7-10,17,39H,4-6,11-16,18-19H2,1H3. The number of ether oxygens (including phenoxy) is 1. The fourth-order valence-electron chi connectivity index (χ4n) is 7.07. The molecule has 0 spiro atoms. The molecule has 0 saturated carbocycles. The summed E-state index contributed by atoms with van der Waals surface area (Å²) in [6.45, 7) is 5.57. The summed E-state index contributed by atoms with van der Waals surface area (Å²) in [5.74, 6) is 0.00443. The zero-order chi connectivity index (χ0) is 27.5. The van der Waals surface area contributed by atoms with Gasteiger partial charge >= 0.3 is 6.01 Å². The number of benzene rings is 2. The van der Waals surface area contributed by atoms with Crippen LogP contribution < -0.4 is 9.64 Å². The molecular weight excluding hydrogens is 529 g/mol. The number of anilines is 1. The average Bonchev–Trinajstić information content (AvgIpc) is 3.52. The predicted octanol–water partition coefficient (Wildman–Crippen LogP) is 6.00. The molecule has 0 bridgehead atoms. The van der Waals surface area contributed by atoms with Gasteiger partial charge in [0.1, 0.15) is 23.6 Å². The van der Waals surface area contributed by atoms with Gasteiger partial charge in [0.05, 0.1) is 16.5 Å². The Bertz CT molecular complexity index is 1600. The number of nitrogens with zero attached hydrogens (tertiary/aromatic N) is 5. The van der Waals surface area contributed by atoms with Crippen LogP contribution in [0.5, 0.6) is 6.01 Å². The van der Waals surface area contributed by atoms with Crippen LogP contribution in [0.3, 0.4) is 0 Å². The van der Waals surface area contributed by atoms with Crippen LogP contribution in [0.4, 0.5) is 10.2 Å². The second kappa shape index (κ2) is 9.79. The van der Waals surface area contributed by atoms with Gasteiger partial charge in [-0.05, 0) is 70.0 Å². The number of aliphatic hydroxyl groups is 1. The molecule has 7 nitrogen and oxygen atoms in total. The Morgan fingerprint density at radius 2 is 1.77 bits per heavy atom. The van der Waals surface area contributed by atoms with Crippen LogP contribution in [0.2, 0.25) is 5.02 Å². The van der Waals surface area contributed by atoms with Crippen molar-refractivity contribution in [1.82, 2.24) is 19.9 Å². The van der Waals surface area contributed by atoms with E-state index < -0.39 is 11.4 Å². The third-order valence-electron chi connectivity index (χ3n) is 9.01. The number of rotatable bonds is 5. The van der Waals surface area contributed by atoms with Crippen molar-refractivity contribution in [2.24, 2.45) is 0 Å². The summed E-state index contributed by atoms with van der Waals surface area (Å²) in [7, 11) is 0. The van der Waals surface area contributed by atoms with Crippen molar-refractivity contribution in [1.29, 1.82) is 0 Å². The van der Waals surface area contributed by atoms with E-state index in [1.165, 1.54) is 0 Å². The van der Waals surface area contributed by atoms with Crippen LogP contribution in [0.1, 0.15) is 45.4 Å². The molecule has 3 aliphatic rings. The number of β-amino-alcohol motifs (C(OH)–C–C–N with tert-alkyl or cyclic N) is 1. The lowest BCUT2D eigenvalue weighted by Crippen LogP contribution is -2.46. The molecule has 0 aliphatic carbocycles. The Morgan fingerprint density at radius 1 is 1.02 bits per heavy atom. The van der Waals surface area contributed by atoms with Crippen molar-refractivity contribution in [3.8, 4) is 17.3 Å². The molecule has 40 heavy (non-hydrogen) atoms. The van der Waals surface area contributed by atoms with Crippen molar-refractivity contribution in [2.45, 2.75) is 56.6 Å². The van der Waals surface area contributed by atoms with Gasteiger partial charge < -0.3 is 14.7 Å². The first kappa shape index (κ1) is 25.9. The topological polar surface area (TPSA) is 74.6 Å². The second-order valence-electron chi connectivity index (χ2n) is 11.9. The van der Waals surface area contributed by atoms with E-state index in [4.69, 9.17) is 21.3 Å². The Hall–Kier alpha value is -3.07. The first-order valence-corrected chi connectivity index (χ1v) is 14.6. The minimum absolute atomic E-state index is 0.00886. The third kappa shape index (κ3) is 4.37. The second-order valence-corrected chi connectivity index (χ2v) is 12.3. The number of aromatic nitrogens is 3. The molecule has 2 aromatic heterocycles. The number of halogens is 2. The largest absolute Gasteiger partial charge is 0.461 e. The van der Waals surface area contributed by atoms with Crippen LogP contribution in [-0.2, 0) is 0 Å². The van der Waals surface area contributed by atoms with Gasteiger partial charge in [-0.2, -0.15) is 9.97 Å². The highest BCUT2D eigenvalue weighted by molar-refractivity contribution is 6.36. The van der Waals surface area contributed by atoms with Crippen molar-refractivity contribution in [3.05, 3.63) is 53.4 Å². The molecular formula is C31H33ClFN5O2. The number of fused-ring (bicyclic) bond motifs is 3. The fraction of sp³-hybridized carbons (Fsp3) is 0.452. The lowest BCUT2D eigenvalue weighted by molar-refractivity contribution is 0.0447. The molecule has 7 rings (SSSR count). The molecule has 9 heteroatoms. The number of hydrogen-bond acceptors (Lipinski definition) is 7. The Morgan fingerprint density at radius 3 is 2.55 bits per heavy atom. The van der Waals surface area contributed by atoms with E-state index in [-0.39, 0.29) is 22.8 Å². The van der Waals surface area contributed by atoms with E-state index >= 15 is 4.39 Å². The Kier molecular flexibility index (Phi) is 6.33. The number of pyridine rings is 1. The first-order chi connectivity index (χ1) is 19.3. The Labute approximate surface area is 237 Å². The summed E-state index contributed by atoms with van der Waals surface area (Å²) in [6.07, 6.45) is 7.64. The summed E-state index contributed by atoms with van der Waals surface area (Å²) < 4.78 is 22.8. The summed E-state index contributed by atoms with van der Waals surface area (Å²) >= 11 is 6.58. The summed E-state index contributed by atoms with van der Waals surface area (Å²) in [5, 5.41) is 13.5. The van der Waals surface area contributed by atoms with Crippen molar-refractivity contribution >= 4 is 39.1 Å². The molecule has 208 valence electrons. The van der Waals surface area contributed by atoms with E-state index in [1.807, 2.05) is 42.2 Å². The van der Waals surface area contributed by atoms with E-state index in [1.54, 1.807) is 12.3 Å². The average molecular weight is 562 g/mol. The van der Waals surface area contributed by atoms with E-state index in [0.29, 0.717) is 47.9 Å². The van der Waals surface area contributed by atoms with Gasteiger partial charge in [-0.1, -0.05) is 41.9 Å². The smallest absolute Gasteiger partial charge is 0.319 e. The highest BCUT2D eigenvalue weighted by atomic mass is 35.5. The molecule has 0 radical (unpaired) electrons. The normalized spacial score (nSPS) is 22.8. The highest BCUT2D eigenvalue weighted by Gasteiger charge is 2.45. The molecule has 1 N–H and O–H groups in total. The Balaban J connectivity index is 1.36. The first-order valence-electron chi connectivity index (χ1n) is 14.2. The van der Waals surface area contributed by atoms with Gasteiger partial charge in [0.25, 0.3) is 0 Å². The maximum Gasteiger partial charge on any atom is 0.319 e. The van der Waals surface area contributed by atoms with Crippen molar-refractivity contribution in [2.75, 3.05) is 37.7 Å². The van der Waals surface area contributed by atoms with E-state index in [2.05, 4.69) is 14.9 Å². The van der Waals surface area contributed by atoms with Crippen LogP contribution >= 0.6 is 11.6 Å². The van der Waals surface area contributed by atoms with Gasteiger partial charge in [0, 0.05) is 35.3 Å². The maximum absolute atomic E-state index is 16.5. The summed E-state index contributed by atoms with van der Waals surface area (Å²) in [6, 6.07) is 11.5. The maximum atomic E-state index is 16.5. The zero-order valence-corrected chi connectivity index (χ0v) is 23.4. The SMILES string of the molecule is CC1(O)CCCN(c2nc(OCC34CCCN3CCC4)nc3c(F)c(-c4cccc5cccc(Cl)c45)ncc23)C1. The summed E-state index contributed by atoms with van der Waals surface area (Å²) in [4.78, 5) is 18.6. The summed E-state index contributed by atoms with van der Waals surface area (Å²) in [5.41, 5.74) is 0.0947. The molecule has 1 atom stereocenters. The van der Waals surface area contributed by atoms with Crippen molar-refractivity contribution < 1.29 is 14.2 Å².